The summed E-state index contributed by atoms with van der Waals surface area (Å²) in [5.74, 6) is 2.32. The molecular weight excluding hydrogens is 350 g/mol. The third kappa shape index (κ3) is 3.58. The maximum absolute atomic E-state index is 5.90. The lowest BCUT2D eigenvalue weighted by molar-refractivity contribution is 0.319. The summed E-state index contributed by atoms with van der Waals surface area (Å²) in [5, 5.41) is 0. The van der Waals surface area contributed by atoms with Crippen molar-refractivity contribution >= 4 is 32.8 Å². The monoisotopic (exact) mass is 371 g/mol. The average molecular weight is 372 g/mol. The molecule has 0 atom stereocenters. The Morgan fingerprint density at radius 2 is 1.84 bits per heavy atom. The van der Waals surface area contributed by atoms with Crippen LogP contribution in [0.3, 0.4) is 0 Å². The lowest BCUT2D eigenvalue weighted by Crippen LogP contribution is -2.12. The molecule has 0 bridgehead atoms. The zero-order valence-electron chi connectivity index (χ0n) is 14.4. The maximum Gasteiger partial charge on any atom is 0.227 e. The van der Waals surface area contributed by atoms with Crippen LogP contribution in [-0.2, 0) is 0 Å². The molecule has 0 spiro atoms. The highest BCUT2D eigenvalue weighted by molar-refractivity contribution is 8.21. The predicted octanol–water partition coefficient (Wildman–Crippen LogP) is 7.42. The predicted molar refractivity (Wildman–Crippen MR) is 106 cm³/mol. The third-order valence-corrected chi connectivity index (χ3v) is 6.47. The van der Waals surface area contributed by atoms with Gasteiger partial charge in [0.25, 0.3) is 0 Å². The normalized spacial score (nSPS) is 20.9. The standard InChI is InChI=1S/C21H22ClNOS/c1-2-14-3-5-15(6-4-14)16-7-9-17(10-8-16)21-23-19-13-18(25-22)11-12-20(19)24-21/h7-15H,2-6H2,1H3. The van der Waals surface area contributed by atoms with Crippen LogP contribution in [0.4, 0.5) is 0 Å². The minimum absolute atomic E-state index is 0.674. The van der Waals surface area contributed by atoms with Gasteiger partial charge in [0.2, 0.25) is 5.89 Å². The molecule has 0 aliphatic heterocycles. The molecule has 130 valence electrons. The fourth-order valence-electron chi connectivity index (χ4n) is 3.88. The number of oxazole rings is 1. The van der Waals surface area contributed by atoms with Crippen LogP contribution in [0.2, 0.25) is 0 Å². The zero-order chi connectivity index (χ0) is 17.2. The van der Waals surface area contributed by atoms with Crippen LogP contribution in [-0.4, -0.2) is 4.98 Å². The molecule has 2 aromatic carbocycles. The number of aromatic nitrogens is 1. The van der Waals surface area contributed by atoms with Crippen molar-refractivity contribution in [2.75, 3.05) is 0 Å². The third-order valence-electron chi connectivity index (χ3n) is 5.50. The van der Waals surface area contributed by atoms with Gasteiger partial charge in [0.15, 0.2) is 5.58 Å². The van der Waals surface area contributed by atoms with Gasteiger partial charge >= 0.3 is 0 Å². The van der Waals surface area contributed by atoms with Gasteiger partial charge in [-0.2, -0.15) is 0 Å². The van der Waals surface area contributed by atoms with Gasteiger partial charge in [-0.15, -0.1) is 0 Å². The van der Waals surface area contributed by atoms with Crippen LogP contribution in [0, 0.1) is 5.92 Å². The van der Waals surface area contributed by atoms with Gasteiger partial charge in [-0.05, 0) is 95.1 Å². The number of rotatable bonds is 4. The molecule has 2 nitrogen and oxygen atoms in total. The summed E-state index contributed by atoms with van der Waals surface area (Å²) in [6.45, 7) is 2.31. The number of hydrogen-bond donors (Lipinski definition) is 0. The molecule has 1 saturated carbocycles. The van der Waals surface area contributed by atoms with Gasteiger partial charge in [-0.1, -0.05) is 25.5 Å². The van der Waals surface area contributed by atoms with E-state index in [9.17, 15) is 0 Å². The van der Waals surface area contributed by atoms with Gasteiger partial charge in [0, 0.05) is 10.5 Å². The van der Waals surface area contributed by atoms with Crippen molar-refractivity contribution in [1.82, 2.24) is 4.98 Å². The molecule has 0 amide bonds. The first kappa shape index (κ1) is 17.0. The van der Waals surface area contributed by atoms with Crippen LogP contribution in [0.25, 0.3) is 22.6 Å². The second-order valence-electron chi connectivity index (χ2n) is 6.97. The van der Waals surface area contributed by atoms with E-state index < -0.39 is 0 Å². The number of nitrogens with zero attached hydrogens (tertiary/aromatic N) is 1. The van der Waals surface area contributed by atoms with Crippen molar-refractivity contribution in [2.24, 2.45) is 5.92 Å². The molecule has 1 aromatic heterocycles. The molecule has 0 unspecified atom stereocenters. The minimum Gasteiger partial charge on any atom is -0.436 e. The first-order valence-electron chi connectivity index (χ1n) is 9.06. The topological polar surface area (TPSA) is 26.0 Å². The first-order valence-corrected chi connectivity index (χ1v) is 10.7. The molecule has 1 heterocycles. The Kier molecular flexibility index (Phi) is 5.05. The first-order chi connectivity index (χ1) is 12.3. The van der Waals surface area contributed by atoms with Gasteiger partial charge in [0.1, 0.15) is 5.52 Å². The van der Waals surface area contributed by atoms with Gasteiger partial charge in [0.05, 0.1) is 0 Å². The van der Waals surface area contributed by atoms with E-state index in [1.54, 1.807) is 0 Å². The number of benzene rings is 2. The number of halogens is 1. The Hall–Kier alpha value is -1.45. The van der Waals surface area contributed by atoms with Crippen molar-refractivity contribution in [1.29, 1.82) is 0 Å². The molecule has 1 aliphatic carbocycles. The summed E-state index contributed by atoms with van der Waals surface area (Å²) in [6, 6.07) is 14.6. The van der Waals surface area contributed by atoms with Crippen molar-refractivity contribution in [3.63, 3.8) is 0 Å². The Bertz CT molecular complexity index is 850. The number of hydrogen-bond acceptors (Lipinski definition) is 3. The Morgan fingerprint density at radius 3 is 2.52 bits per heavy atom. The molecule has 25 heavy (non-hydrogen) atoms. The molecule has 1 fully saturated rings. The van der Waals surface area contributed by atoms with E-state index in [-0.39, 0.29) is 0 Å². The highest BCUT2D eigenvalue weighted by atomic mass is 35.7. The quantitative estimate of drug-likeness (QED) is 0.477. The smallest absolute Gasteiger partial charge is 0.227 e. The summed E-state index contributed by atoms with van der Waals surface area (Å²) in [7, 11) is 7.02. The van der Waals surface area contributed by atoms with Crippen molar-refractivity contribution in [3.05, 3.63) is 48.0 Å². The maximum atomic E-state index is 5.90. The lowest BCUT2D eigenvalue weighted by Gasteiger charge is -2.28. The second-order valence-corrected chi connectivity index (χ2v) is 8.06. The molecule has 4 heteroatoms. The van der Waals surface area contributed by atoms with E-state index in [2.05, 4.69) is 36.2 Å². The van der Waals surface area contributed by atoms with E-state index in [1.165, 1.54) is 48.6 Å². The van der Waals surface area contributed by atoms with Crippen LogP contribution < -0.4 is 0 Å². The molecule has 0 saturated heterocycles. The summed E-state index contributed by atoms with van der Waals surface area (Å²) in [5.41, 5.74) is 4.13. The largest absolute Gasteiger partial charge is 0.436 e. The highest BCUT2D eigenvalue weighted by Gasteiger charge is 2.21. The average Bonchev–Trinajstić information content (AvgIpc) is 3.11. The fourth-order valence-corrected chi connectivity index (χ4v) is 4.44. The Morgan fingerprint density at radius 1 is 1.08 bits per heavy atom. The molecule has 0 radical (unpaired) electrons. The van der Waals surface area contributed by atoms with Crippen LogP contribution in [0.5, 0.6) is 0 Å². The van der Waals surface area contributed by atoms with Crippen LogP contribution >= 0.6 is 21.7 Å². The lowest BCUT2D eigenvalue weighted by atomic mass is 9.78. The van der Waals surface area contributed by atoms with E-state index in [1.807, 2.05) is 18.2 Å². The molecule has 4 rings (SSSR count). The van der Waals surface area contributed by atoms with E-state index in [0.717, 1.165) is 27.5 Å². The highest BCUT2D eigenvalue weighted by Crippen LogP contribution is 2.37. The SMILES string of the molecule is CCC1CCC(c2ccc(-c3nc4cc(SCl)ccc4o3)cc2)CC1. The van der Waals surface area contributed by atoms with Crippen molar-refractivity contribution in [2.45, 2.75) is 49.8 Å². The van der Waals surface area contributed by atoms with E-state index >= 15 is 0 Å². The van der Waals surface area contributed by atoms with Crippen LogP contribution in [0.1, 0.15) is 50.5 Å². The Labute approximate surface area is 157 Å². The van der Waals surface area contributed by atoms with Gasteiger partial charge in [-0.3, -0.25) is 0 Å². The molecule has 3 aromatic rings. The van der Waals surface area contributed by atoms with Crippen LogP contribution in [0.15, 0.2) is 51.8 Å². The molecule has 1 aliphatic rings. The van der Waals surface area contributed by atoms with Gasteiger partial charge < -0.3 is 4.42 Å². The second kappa shape index (κ2) is 7.43. The van der Waals surface area contributed by atoms with E-state index in [4.69, 9.17) is 15.1 Å². The van der Waals surface area contributed by atoms with E-state index in [0.29, 0.717) is 11.8 Å². The summed E-state index contributed by atoms with van der Waals surface area (Å²) < 4.78 is 5.90. The van der Waals surface area contributed by atoms with Gasteiger partial charge in [-0.25, -0.2) is 4.98 Å². The van der Waals surface area contributed by atoms with Crippen molar-refractivity contribution < 1.29 is 4.42 Å². The van der Waals surface area contributed by atoms with Crippen molar-refractivity contribution in [3.8, 4) is 11.5 Å². The summed E-state index contributed by atoms with van der Waals surface area (Å²) in [4.78, 5) is 5.59. The molecular formula is C21H22ClNOS. The zero-order valence-corrected chi connectivity index (χ0v) is 15.9. The summed E-state index contributed by atoms with van der Waals surface area (Å²) in [6.07, 6.45) is 6.70. The number of fused-ring (bicyclic) bond motifs is 1. The minimum atomic E-state index is 0.674. The summed E-state index contributed by atoms with van der Waals surface area (Å²) >= 11 is 0. The molecule has 0 N–H and O–H groups in total. The Balaban J connectivity index is 1.54. The fraction of sp³-hybridized carbons (Fsp3) is 0.381.